The van der Waals surface area contributed by atoms with Gasteiger partial charge in [0.1, 0.15) is 6.20 Å². The number of nitrogens with one attached hydrogen (secondary N) is 1. The third-order valence-electron chi connectivity index (χ3n) is 2.02. The second-order valence-corrected chi connectivity index (χ2v) is 6.21. The normalized spacial score (nSPS) is 10.2. The fourth-order valence-corrected chi connectivity index (χ4v) is 3.18. The highest BCUT2D eigenvalue weighted by atomic mass is 79.9. The van der Waals surface area contributed by atoms with Crippen LogP contribution in [-0.4, -0.2) is 15.8 Å². The molecule has 0 aliphatic carbocycles. The number of halogens is 2. The van der Waals surface area contributed by atoms with Crippen molar-refractivity contribution in [3.63, 3.8) is 0 Å². The maximum atomic E-state index is 11.9. The van der Waals surface area contributed by atoms with Gasteiger partial charge in [0.25, 0.3) is 5.91 Å². The molecular formula is C10H5Br2N3O3S. The third-order valence-corrected chi connectivity index (χ3v) is 3.80. The molecule has 0 saturated heterocycles. The van der Waals surface area contributed by atoms with Gasteiger partial charge in [-0.1, -0.05) is 31.9 Å². The second kappa shape index (κ2) is 5.76. The number of thiazole rings is 1. The minimum absolute atomic E-state index is 0.120. The molecule has 0 unspecified atom stereocenters. The van der Waals surface area contributed by atoms with Crippen LogP contribution in [0.25, 0.3) is 0 Å². The third kappa shape index (κ3) is 3.58. The minimum Gasteiger partial charge on any atom is -0.298 e. The first-order valence-electron chi connectivity index (χ1n) is 4.83. The Labute approximate surface area is 128 Å². The van der Waals surface area contributed by atoms with Crippen molar-refractivity contribution in [3.05, 3.63) is 49.0 Å². The van der Waals surface area contributed by atoms with E-state index in [2.05, 4.69) is 42.2 Å². The first-order chi connectivity index (χ1) is 8.95. The summed E-state index contributed by atoms with van der Waals surface area (Å²) >= 11 is 7.36. The number of rotatable bonds is 3. The molecule has 1 aromatic carbocycles. The Kier molecular flexibility index (Phi) is 4.27. The average molecular weight is 407 g/mol. The summed E-state index contributed by atoms with van der Waals surface area (Å²) in [5.41, 5.74) is 0.416. The molecule has 2 aromatic rings. The highest BCUT2D eigenvalue weighted by Gasteiger charge is 2.14. The van der Waals surface area contributed by atoms with Crippen molar-refractivity contribution in [2.75, 3.05) is 5.32 Å². The molecule has 1 N–H and O–H groups in total. The summed E-state index contributed by atoms with van der Waals surface area (Å²) in [6.07, 6.45) is 1.11. The Morgan fingerprint density at radius 1 is 1.32 bits per heavy atom. The average Bonchev–Trinajstić information content (AvgIpc) is 2.76. The van der Waals surface area contributed by atoms with Gasteiger partial charge in [-0.05, 0) is 29.5 Å². The number of carbonyl (C=O) groups is 1. The molecule has 0 aliphatic heterocycles. The number of benzene rings is 1. The predicted octanol–water partition coefficient (Wildman–Crippen LogP) is 3.83. The molecular weight excluding hydrogens is 402 g/mol. The van der Waals surface area contributed by atoms with Crippen molar-refractivity contribution in [1.82, 2.24) is 4.98 Å². The van der Waals surface area contributed by atoms with Crippen LogP contribution in [0.15, 0.2) is 33.3 Å². The second-order valence-electron chi connectivity index (χ2n) is 3.37. The SMILES string of the molecule is O=C(Nc1ncc([N+](=O)[O-])s1)c1cc(Br)cc(Br)c1. The van der Waals surface area contributed by atoms with Gasteiger partial charge in [-0.25, -0.2) is 4.98 Å². The van der Waals surface area contributed by atoms with Crippen LogP contribution in [0, 0.1) is 10.1 Å². The summed E-state index contributed by atoms with van der Waals surface area (Å²) in [7, 11) is 0. The summed E-state index contributed by atoms with van der Waals surface area (Å²) in [4.78, 5) is 25.7. The molecule has 0 spiro atoms. The number of aromatic nitrogens is 1. The number of nitrogens with zero attached hydrogens (tertiary/aromatic N) is 2. The lowest BCUT2D eigenvalue weighted by Crippen LogP contribution is -2.11. The van der Waals surface area contributed by atoms with E-state index in [0.29, 0.717) is 5.56 Å². The zero-order valence-electron chi connectivity index (χ0n) is 9.09. The van der Waals surface area contributed by atoms with E-state index in [-0.39, 0.29) is 16.0 Å². The van der Waals surface area contributed by atoms with Gasteiger partial charge in [-0.3, -0.25) is 20.2 Å². The summed E-state index contributed by atoms with van der Waals surface area (Å²) in [5, 5.41) is 13.1. The van der Waals surface area contributed by atoms with Crippen LogP contribution in [0.2, 0.25) is 0 Å². The van der Waals surface area contributed by atoms with Gasteiger partial charge in [0.2, 0.25) is 0 Å². The van der Waals surface area contributed by atoms with Crippen molar-refractivity contribution in [1.29, 1.82) is 0 Å². The van der Waals surface area contributed by atoms with Gasteiger partial charge < -0.3 is 0 Å². The maximum Gasteiger partial charge on any atom is 0.345 e. The smallest absolute Gasteiger partial charge is 0.298 e. The van der Waals surface area contributed by atoms with Crippen LogP contribution in [0.5, 0.6) is 0 Å². The van der Waals surface area contributed by atoms with Crippen molar-refractivity contribution in [2.24, 2.45) is 0 Å². The summed E-state index contributed by atoms with van der Waals surface area (Å²) in [6, 6.07) is 5.08. The van der Waals surface area contributed by atoms with Crippen LogP contribution in [0.3, 0.4) is 0 Å². The van der Waals surface area contributed by atoms with Crippen molar-refractivity contribution in [3.8, 4) is 0 Å². The van der Waals surface area contributed by atoms with Crippen LogP contribution in [0.1, 0.15) is 10.4 Å². The van der Waals surface area contributed by atoms with E-state index >= 15 is 0 Å². The van der Waals surface area contributed by atoms with Crippen molar-refractivity contribution < 1.29 is 9.72 Å². The number of anilines is 1. The Morgan fingerprint density at radius 3 is 2.47 bits per heavy atom. The molecule has 0 fully saturated rings. The Hall–Kier alpha value is -1.32. The molecule has 0 aliphatic rings. The minimum atomic E-state index is -0.553. The van der Waals surface area contributed by atoms with Crippen molar-refractivity contribution in [2.45, 2.75) is 0 Å². The standard InChI is InChI=1S/C10H5Br2N3O3S/c11-6-1-5(2-7(12)3-6)9(16)14-10-13-4-8(19-10)15(17)18/h1-4H,(H,13,14,16). The van der Waals surface area contributed by atoms with Crippen molar-refractivity contribution >= 4 is 59.2 Å². The number of hydrogen-bond acceptors (Lipinski definition) is 5. The topological polar surface area (TPSA) is 85.1 Å². The molecule has 19 heavy (non-hydrogen) atoms. The van der Waals surface area contributed by atoms with Crippen LogP contribution < -0.4 is 5.32 Å². The van der Waals surface area contributed by atoms with E-state index in [0.717, 1.165) is 26.5 Å². The fraction of sp³-hybridized carbons (Fsp3) is 0. The number of amides is 1. The van der Waals surface area contributed by atoms with E-state index < -0.39 is 4.92 Å². The largest absolute Gasteiger partial charge is 0.345 e. The molecule has 6 nitrogen and oxygen atoms in total. The van der Waals surface area contributed by atoms with Gasteiger partial charge >= 0.3 is 5.00 Å². The van der Waals surface area contributed by atoms with E-state index in [9.17, 15) is 14.9 Å². The molecule has 0 atom stereocenters. The molecule has 0 radical (unpaired) electrons. The molecule has 1 amide bonds. The van der Waals surface area contributed by atoms with Gasteiger partial charge in [0.15, 0.2) is 5.13 Å². The summed E-state index contributed by atoms with van der Waals surface area (Å²) in [6.45, 7) is 0. The zero-order chi connectivity index (χ0) is 14.0. The quantitative estimate of drug-likeness (QED) is 0.619. The van der Waals surface area contributed by atoms with Gasteiger partial charge in [-0.15, -0.1) is 0 Å². The maximum absolute atomic E-state index is 11.9. The molecule has 9 heteroatoms. The fourth-order valence-electron chi connectivity index (χ4n) is 1.26. The Balaban J connectivity index is 2.18. The van der Waals surface area contributed by atoms with Crippen LogP contribution in [0.4, 0.5) is 10.1 Å². The molecule has 1 heterocycles. The van der Waals surface area contributed by atoms with Gasteiger partial charge in [0.05, 0.1) is 4.92 Å². The lowest BCUT2D eigenvalue weighted by atomic mass is 10.2. The molecule has 98 valence electrons. The van der Waals surface area contributed by atoms with Crippen LogP contribution >= 0.6 is 43.2 Å². The molecule has 0 bridgehead atoms. The van der Waals surface area contributed by atoms with Gasteiger partial charge in [0, 0.05) is 14.5 Å². The van der Waals surface area contributed by atoms with E-state index in [4.69, 9.17) is 0 Å². The Morgan fingerprint density at radius 2 is 1.95 bits per heavy atom. The van der Waals surface area contributed by atoms with E-state index in [1.165, 1.54) is 0 Å². The first kappa shape index (κ1) is 14.1. The monoisotopic (exact) mass is 405 g/mol. The zero-order valence-corrected chi connectivity index (χ0v) is 13.1. The number of hydrogen-bond donors (Lipinski definition) is 1. The van der Waals surface area contributed by atoms with Crippen LogP contribution in [-0.2, 0) is 0 Å². The molecule has 0 saturated carbocycles. The molecule has 1 aromatic heterocycles. The number of carbonyl (C=O) groups excluding carboxylic acids is 1. The Bertz CT molecular complexity index is 639. The lowest BCUT2D eigenvalue weighted by molar-refractivity contribution is -0.380. The highest BCUT2D eigenvalue weighted by Crippen LogP contribution is 2.26. The summed E-state index contributed by atoms with van der Waals surface area (Å²) < 4.78 is 1.49. The molecule has 2 rings (SSSR count). The van der Waals surface area contributed by atoms with E-state index in [1.807, 2.05) is 0 Å². The predicted molar refractivity (Wildman–Crippen MR) is 78.6 cm³/mol. The summed E-state index contributed by atoms with van der Waals surface area (Å²) in [5.74, 6) is -0.383. The van der Waals surface area contributed by atoms with E-state index in [1.54, 1.807) is 18.2 Å². The first-order valence-corrected chi connectivity index (χ1v) is 7.23. The number of nitro groups is 1. The lowest BCUT2D eigenvalue weighted by Gasteiger charge is -2.03. The highest BCUT2D eigenvalue weighted by molar-refractivity contribution is 9.11. The van der Waals surface area contributed by atoms with Gasteiger partial charge in [-0.2, -0.15) is 0 Å².